The maximum absolute atomic E-state index is 5.64. The second-order valence-electron chi connectivity index (χ2n) is 4.03. The Kier molecular flexibility index (Phi) is 3.34. The van der Waals surface area contributed by atoms with Crippen LogP contribution in [0.25, 0.3) is 10.1 Å². The number of aromatic nitrogens is 3. The Balaban J connectivity index is 1.89. The number of nitrogen functional groups attached to an aromatic ring is 1. The molecule has 2 heterocycles. The number of hydrogen-bond acceptors (Lipinski definition) is 7. The molecule has 1 aromatic carbocycles. The molecule has 0 aliphatic heterocycles. The Morgan fingerprint density at radius 2 is 2.15 bits per heavy atom. The van der Waals surface area contributed by atoms with Crippen LogP contribution in [0.4, 0.5) is 17.6 Å². The smallest absolute Gasteiger partial charge is 0.323 e. The van der Waals surface area contributed by atoms with Gasteiger partial charge in [0, 0.05) is 10.4 Å². The molecule has 0 radical (unpaired) electrons. The van der Waals surface area contributed by atoms with E-state index in [2.05, 4.69) is 37.8 Å². The van der Waals surface area contributed by atoms with Crippen LogP contribution in [0.2, 0.25) is 0 Å². The van der Waals surface area contributed by atoms with Crippen molar-refractivity contribution in [2.45, 2.75) is 6.92 Å². The lowest BCUT2D eigenvalue weighted by molar-refractivity contribution is 0.312. The highest BCUT2D eigenvalue weighted by Crippen LogP contribution is 2.25. The Bertz CT molecular complexity index is 742. The van der Waals surface area contributed by atoms with Crippen LogP contribution in [0.3, 0.4) is 0 Å². The predicted molar refractivity (Wildman–Crippen MR) is 80.5 cm³/mol. The average molecular weight is 287 g/mol. The molecule has 7 heteroatoms. The van der Waals surface area contributed by atoms with Gasteiger partial charge in [0.15, 0.2) is 0 Å². The minimum Gasteiger partial charge on any atom is -0.464 e. The Labute approximate surface area is 119 Å². The number of hydrogen-bond donors (Lipinski definition) is 2. The zero-order valence-electron chi connectivity index (χ0n) is 10.8. The first-order chi connectivity index (χ1) is 9.74. The van der Waals surface area contributed by atoms with Gasteiger partial charge in [0.2, 0.25) is 11.9 Å². The fourth-order valence-corrected chi connectivity index (χ4v) is 2.57. The molecule has 3 aromatic rings. The molecule has 0 unspecified atom stereocenters. The summed E-state index contributed by atoms with van der Waals surface area (Å²) in [6.07, 6.45) is 0. The van der Waals surface area contributed by atoms with Gasteiger partial charge in [0.05, 0.1) is 6.61 Å². The Morgan fingerprint density at radius 1 is 1.25 bits per heavy atom. The molecule has 6 nitrogen and oxygen atoms in total. The van der Waals surface area contributed by atoms with Crippen molar-refractivity contribution >= 4 is 39.0 Å². The van der Waals surface area contributed by atoms with Crippen LogP contribution in [-0.4, -0.2) is 21.6 Å². The van der Waals surface area contributed by atoms with Gasteiger partial charge in [-0.1, -0.05) is 0 Å². The fourth-order valence-electron chi connectivity index (χ4n) is 1.80. The van der Waals surface area contributed by atoms with Crippen LogP contribution >= 0.6 is 11.3 Å². The molecule has 0 bridgehead atoms. The largest absolute Gasteiger partial charge is 0.464 e. The third kappa shape index (κ3) is 2.62. The molecule has 0 aliphatic carbocycles. The van der Waals surface area contributed by atoms with Gasteiger partial charge >= 0.3 is 6.01 Å². The van der Waals surface area contributed by atoms with Crippen LogP contribution in [0.5, 0.6) is 6.01 Å². The van der Waals surface area contributed by atoms with Crippen molar-refractivity contribution in [3.63, 3.8) is 0 Å². The number of ether oxygens (including phenoxy) is 1. The van der Waals surface area contributed by atoms with Crippen LogP contribution in [-0.2, 0) is 0 Å². The monoisotopic (exact) mass is 287 g/mol. The lowest BCUT2D eigenvalue weighted by atomic mass is 10.2. The topological polar surface area (TPSA) is 86.0 Å². The first-order valence-corrected chi connectivity index (χ1v) is 7.01. The van der Waals surface area contributed by atoms with Gasteiger partial charge in [0.1, 0.15) is 0 Å². The summed E-state index contributed by atoms with van der Waals surface area (Å²) < 4.78 is 6.48. The fraction of sp³-hybridized carbons (Fsp3) is 0.154. The molecule has 102 valence electrons. The number of anilines is 3. The van der Waals surface area contributed by atoms with Crippen molar-refractivity contribution in [1.29, 1.82) is 0 Å². The average Bonchev–Trinajstić information content (AvgIpc) is 2.85. The number of fused-ring (bicyclic) bond motifs is 1. The minimum atomic E-state index is 0.127. The van der Waals surface area contributed by atoms with Crippen molar-refractivity contribution in [3.8, 4) is 6.01 Å². The molecule has 0 aliphatic rings. The van der Waals surface area contributed by atoms with Crippen molar-refractivity contribution in [3.05, 3.63) is 29.6 Å². The highest BCUT2D eigenvalue weighted by molar-refractivity contribution is 7.17. The Morgan fingerprint density at radius 3 is 3.00 bits per heavy atom. The van der Waals surface area contributed by atoms with Crippen molar-refractivity contribution in [2.75, 3.05) is 17.7 Å². The predicted octanol–water partition coefficient (Wildman–Crippen LogP) is 2.81. The quantitative estimate of drug-likeness (QED) is 0.767. The lowest BCUT2D eigenvalue weighted by Gasteiger charge is -2.07. The molecule has 2 aromatic heterocycles. The van der Waals surface area contributed by atoms with Gasteiger partial charge < -0.3 is 15.8 Å². The zero-order valence-corrected chi connectivity index (χ0v) is 11.6. The molecule has 0 atom stereocenters. The molecule has 0 saturated heterocycles. The van der Waals surface area contributed by atoms with Gasteiger partial charge in [-0.15, -0.1) is 11.3 Å². The molecule has 0 spiro atoms. The number of nitrogens with one attached hydrogen (secondary N) is 1. The van der Waals surface area contributed by atoms with Gasteiger partial charge in [-0.2, -0.15) is 15.0 Å². The third-order valence-electron chi connectivity index (χ3n) is 2.61. The molecular formula is C13H13N5OS. The van der Waals surface area contributed by atoms with E-state index in [9.17, 15) is 0 Å². The highest BCUT2D eigenvalue weighted by atomic mass is 32.1. The third-order valence-corrected chi connectivity index (χ3v) is 3.51. The summed E-state index contributed by atoms with van der Waals surface area (Å²) in [7, 11) is 0. The van der Waals surface area contributed by atoms with E-state index in [1.165, 1.54) is 10.1 Å². The number of rotatable bonds is 4. The molecule has 0 saturated carbocycles. The summed E-state index contributed by atoms with van der Waals surface area (Å²) in [5.41, 5.74) is 6.53. The summed E-state index contributed by atoms with van der Waals surface area (Å²) >= 11 is 1.70. The maximum atomic E-state index is 5.64. The second kappa shape index (κ2) is 5.30. The number of nitrogens with zero attached hydrogens (tertiary/aromatic N) is 3. The first-order valence-electron chi connectivity index (χ1n) is 6.13. The van der Waals surface area contributed by atoms with E-state index in [1.54, 1.807) is 11.3 Å². The van der Waals surface area contributed by atoms with Gasteiger partial charge in [-0.05, 0) is 42.0 Å². The van der Waals surface area contributed by atoms with E-state index in [4.69, 9.17) is 10.5 Å². The van der Waals surface area contributed by atoms with E-state index >= 15 is 0 Å². The zero-order chi connectivity index (χ0) is 13.9. The van der Waals surface area contributed by atoms with Crippen LogP contribution in [0, 0.1) is 0 Å². The van der Waals surface area contributed by atoms with Crippen molar-refractivity contribution in [1.82, 2.24) is 15.0 Å². The first kappa shape index (κ1) is 12.6. The van der Waals surface area contributed by atoms with Gasteiger partial charge in [-0.3, -0.25) is 0 Å². The molecule has 0 amide bonds. The molecule has 3 rings (SSSR count). The molecular weight excluding hydrogens is 274 g/mol. The Hall–Kier alpha value is -2.41. The van der Waals surface area contributed by atoms with E-state index in [0.29, 0.717) is 12.6 Å². The lowest BCUT2D eigenvalue weighted by Crippen LogP contribution is -2.06. The van der Waals surface area contributed by atoms with Crippen LogP contribution in [0.1, 0.15) is 6.92 Å². The number of thiophene rings is 1. The minimum absolute atomic E-state index is 0.127. The summed E-state index contributed by atoms with van der Waals surface area (Å²) in [6.45, 7) is 2.33. The number of nitrogens with two attached hydrogens (primary N) is 1. The van der Waals surface area contributed by atoms with E-state index in [0.717, 1.165) is 5.69 Å². The molecule has 0 fully saturated rings. The summed E-state index contributed by atoms with van der Waals surface area (Å²) in [4.78, 5) is 12.1. The second-order valence-corrected chi connectivity index (χ2v) is 4.98. The standard InChI is InChI=1S/C13H13N5OS/c1-2-19-13-17-11(14)16-12(18-13)15-9-3-4-10-8(7-9)5-6-20-10/h3-7H,2H2,1H3,(H3,14,15,16,17,18). The summed E-state index contributed by atoms with van der Waals surface area (Å²) in [5, 5.41) is 6.34. The molecule has 3 N–H and O–H groups in total. The maximum Gasteiger partial charge on any atom is 0.323 e. The normalized spacial score (nSPS) is 10.7. The van der Waals surface area contributed by atoms with E-state index in [1.807, 2.05) is 19.1 Å². The van der Waals surface area contributed by atoms with E-state index < -0.39 is 0 Å². The highest BCUT2D eigenvalue weighted by Gasteiger charge is 2.06. The summed E-state index contributed by atoms with van der Waals surface area (Å²) in [5.74, 6) is 0.498. The summed E-state index contributed by atoms with van der Waals surface area (Å²) in [6, 6.07) is 8.35. The van der Waals surface area contributed by atoms with Crippen LogP contribution < -0.4 is 15.8 Å². The van der Waals surface area contributed by atoms with Gasteiger partial charge in [0.25, 0.3) is 0 Å². The van der Waals surface area contributed by atoms with Crippen molar-refractivity contribution < 1.29 is 4.74 Å². The molecule has 20 heavy (non-hydrogen) atoms. The SMILES string of the molecule is CCOc1nc(N)nc(Nc2ccc3sccc3c2)n1. The van der Waals surface area contributed by atoms with Crippen molar-refractivity contribution in [2.24, 2.45) is 0 Å². The van der Waals surface area contributed by atoms with Crippen LogP contribution in [0.15, 0.2) is 29.6 Å². The van der Waals surface area contributed by atoms with E-state index in [-0.39, 0.29) is 12.0 Å². The number of benzene rings is 1. The van der Waals surface area contributed by atoms with Gasteiger partial charge in [-0.25, -0.2) is 0 Å².